The van der Waals surface area contributed by atoms with Crippen LogP contribution in [0.15, 0.2) is 71.9 Å². The smallest absolute Gasteiger partial charge is 0.268 e. The van der Waals surface area contributed by atoms with Crippen LogP contribution in [0.3, 0.4) is 0 Å². The standard InChI is InChI=1S/C20H15FN2O2/c21-15-8-3-7-14(11-15)18-12-19(25-23-18)20(24)22-17-10-4-6-13-5-1-2-9-16(13)17/h1-11,19H,12H2,(H,22,24)/t19-/m1/s1. The number of oxime groups is 1. The van der Waals surface area contributed by atoms with Gasteiger partial charge >= 0.3 is 0 Å². The Morgan fingerprint density at radius 3 is 2.76 bits per heavy atom. The molecule has 0 aliphatic carbocycles. The number of benzene rings is 3. The lowest BCUT2D eigenvalue weighted by molar-refractivity contribution is -0.125. The molecule has 4 rings (SSSR count). The number of amides is 1. The van der Waals surface area contributed by atoms with Gasteiger partial charge in [-0.2, -0.15) is 0 Å². The van der Waals surface area contributed by atoms with Gasteiger partial charge in [0.05, 0.1) is 5.71 Å². The number of fused-ring (bicyclic) bond motifs is 1. The Bertz CT molecular complexity index is 979. The topological polar surface area (TPSA) is 50.7 Å². The van der Waals surface area contributed by atoms with Crippen molar-refractivity contribution in [2.24, 2.45) is 5.16 Å². The molecular formula is C20H15FN2O2. The van der Waals surface area contributed by atoms with Crippen molar-refractivity contribution in [2.45, 2.75) is 12.5 Å². The molecule has 1 aliphatic heterocycles. The third kappa shape index (κ3) is 3.08. The number of hydrogen-bond donors (Lipinski definition) is 1. The predicted molar refractivity (Wildman–Crippen MR) is 95.0 cm³/mol. The number of nitrogens with zero attached hydrogens (tertiary/aromatic N) is 1. The molecule has 0 aromatic heterocycles. The highest BCUT2D eigenvalue weighted by atomic mass is 19.1. The van der Waals surface area contributed by atoms with E-state index in [-0.39, 0.29) is 11.7 Å². The molecule has 0 saturated carbocycles. The third-order valence-corrected chi connectivity index (χ3v) is 4.17. The molecule has 5 heteroatoms. The number of carbonyl (C=O) groups excluding carboxylic acids is 1. The lowest BCUT2D eigenvalue weighted by Crippen LogP contribution is -2.28. The molecule has 0 bridgehead atoms. The van der Waals surface area contributed by atoms with Gasteiger partial charge in [0.2, 0.25) is 6.10 Å². The van der Waals surface area contributed by atoms with Gasteiger partial charge in [0.25, 0.3) is 5.91 Å². The minimum absolute atomic E-state index is 0.272. The van der Waals surface area contributed by atoms with Crippen molar-refractivity contribution in [2.75, 3.05) is 5.32 Å². The van der Waals surface area contributed by atoms with Crippen LogP contribution in [-0.4, -0.2) is 17.7 Å². The zero-order valence-electron chi connectivity index (χ0n) is 13.3. The summed E-state index contributed by atoms with van der Waals surface area (Å²) < 4.78 is 13.3. The van der Waals surface area contributed by atoms with E-state index in [1.165, 1.54) is 12.1 Å². The predicted octanol–water partition coefficient (Wildman–Crippen LogP) is 4.11. The number of nitrogens with one attached hydrogen (secondary N) is 1. The van der Waals surface area contributed by atoms with Gasteiger partial charge in [-0.15, -0.1) is 0 Å². The van der Waals surface area contributed by atoms with Crippen LogP contribution in [0, 0.1) is 5.82 Å². The Labute approximate surface area is 143 Å². The molecule has 0 radical (unpaired) electrons. The van der Waals surface area contributed by atoms with Gasteiger partial charge in [-0.25, -0.2) is 4.39 Å². The van der Waals surface area contributed by atoms with Crippen LogP contribution in [0.4, 0.5) is 10.1 Å². The van der Waals surface area contributed by atoms with E-state index in [0.29, 0.717) is 17.7 Å². The second-order valence-electron chi connectivity index (χ2n) is 5.86. The van der Waals surface area contributed by atoms with E-state index in [2.05, 4.69) is 10.5 Å². The van der Waals surface area contributed by atoms with Crippen molar-refractivity contribution in [3.8, 4) is 0 Å². The number of halogens is 1. The summed E-state index contributed by atoms with van der Waals surface area (Å²) in [6, 6.07) is 19.7. The maximum absolute atomic E-state index is 13.3. The number of carbonyl (C=O) groups is 1. The average Bonchev–Trinajstić information content (AvgIpc) is 3.12. The van der Waals surface area contributed by atoms with Crippen LogP contribution in [0.2, 0.25) is 0 Å². The van der Waals surface area contributed by atoms with E-state index in [1.807, 2.05) is 42.5 Å². The van der Waals surface area contributed by atoms with Gasteiger partial charge in [0, 0.05) is 23.1 Å². The number of rotatable bonds is 3. The molecule has 1 heterocycles. The first-order valence-electron chi connectivity index (χ1n) is 7.98. The first kappa shape index (κ1) is 15.3. The Morgan fingerprint density at radius 2 is 1.88 bits per heavy atom. The molecule has 3 aromatic rings. The Morgan fingerprint density at radius 1 is 1.08 bits per heavy atom. The molecule has 1 atom stereocenters. The lowest BCUT2D eigenvalue weighted by Gasteiger charge is -2.11. The van der Waals surface area contributed by atoms with E-state index in [4.69, 9.17) is 4.84 Å². The van der Waals surface area contributed by atoms with Crippen LogP contribution in [-0.2, 0) is 9.63 Å². The summed E-state index contributed by atoms with van der Waals surface area (Å²) in [6.45, 7) is 0. The third-order valence-electron chi connectivity index (χ3n) is 4.17. The Balaban J connectivity index is 1.49. The molecule has 0 unspecified atom stereocenters. The molecule has 1 N–H and O–H groups in total. The van der Waals surface area contributed by atoms with E-state index < -0.39 is 6.10 Å². The Kier molecular flexibility index (Phi) is 3.90. The van der Waals surface area contributed by atoms with Crippen molar-refractivity contribution in [3.05, 3.63) is 78.1 Å². The minimum atomic E-state index is -0.725. The summed E-state index contributed by atoms with van der Waals surface area (Å²) in [5.41, 5.74) is 1.92. The van der Waals surface area contributed by atoms with Crippen molar-refractivity contribution in [1.29, 1.82) is 0 Å². The van der Waals surface area contributed by atoms with Crippen molar-refractivity contribution >= 4 is 28.1 Å². The first-order chi connectivity index (χ1) is 12.2. The molecule has 25 heavy (non-hydrogen) atoms. The zero-order chi connectivity index (χ0) is 17.2. The van der Waals surface area contributed by atoms with Gasteiger partial charge in [-0.1, -0.05) is 53.7 Å². The SMILES string of the molecule is O=C(Nc1cccc2ccccc12)[C@H]1CC(c2cccc(F)c2)=NO1. The minimum Gasteiger partial charge on any atom is -0.382 e. The second kappa shape index (κ2) is 6.36. The fourth-order valence-electron chi connectivity index (χ4n) is 2.90. The quantitative estimate of drug-likeness (QED) is 0.783. The van der Waals surface area contributed by atoms with Gasteiger partial charge in [-0.3, -0.25) is 4.79 Å². The number of anilines is 1. The van der Waals surface area contributed by atoms with E-state index in [0.717, 1.165) is 16.5 Å². The van der Waals surface area contributed by atoms with Crippen molar-refractivity contribution < 1.29 is 14.0 Å². The van der Waals surface area contributed by atoms with Crippen LogP contribution in [0.1, 0.15) is 12.0 Å². The molecule has 4 nitrogen and oxygen atoms in total. The monoisotopic (exact) mass is 334 g/mol. The zero-order valence-corrected chi connectivity index (χ0v) is 13.3. The average molecular weight is 334 g/mol. The first-order valence-corrected chi connectivity index (χ1v) is 7.98. The molecule has 0 saturated heterocycles. The molecule has 3 aromatic carbocycles. The van der Waals surface area contributed by atoms with Gasteiger partial charge in [0.1, 0.15) is 5.82 Å². The maximum atomic E-state index is 13.3. The van der Waals surface area contributed by atoms with Crippen LogP contribution >= 0.6 is 0 Å². The summed E-state index contributed by atoms with van der Waals surface area (Å²) >= 11 is 0. The normalized spacial score (nSPS) is 16.4. The largest absolute Gasteiger partial charge is 0.382 e. The highest BCUT2D eigenvalue weighted by molar-refractivity contribution is 6.08. The molecule has 124 valence electrons. The van der Waals surface area contributed by atoms with E-state index in [1.54, 1.807) is 12.1 Å². The summed E-state index contributed by atoms with van der Waals surface area (Å²) in [4.78, 5) is 17.8. The summed E-state index contributed by atoms with van der Waals surface area (Å²) in [5.74, 6) is -0.615. The van der Waals surface area contributed by atoms with E-state index in [9.17, 15) is 9.18 Å². The summed E-state index contributed by atoms with van der Waals surface area (Å²) in [7, 11) is 0. The van der Waals surface area contributed by atoms with Gasteiger partial charge < -0.3 is 10.2 Å². The molecule has 1 amide bonds. The second-order valence-corrected chi connectivity index (χ2v) is 5.86. The van der Waals surface area contributed by atoms with Crippen LogP contribution in [0.25, 0.3) is 10.8 Å². The van der Waals surface area contributed by atoms with E-state index >= 15 is 0 Å². The van der Waals surface area contributed by atoms with Crippen LogP contribution < -0.4 is 5.32 Å². The molecule has 0 fully saturated rings. The fourth-order valence-corrected chi connectivity index (χ4v) is 2.90. The molecular weight excluding hydrogens is 319 g/mol. The maximum Gasteiger partial charge on any atom is 0.268 e. The lowest BCUT2D eigenvalue weighted by atomic mass is 10.0. The van der Waals surface area contributed by atoms with Crippen molar-refractivity contribution in [3.63, 3.8) is 0 Å². The highest BCUT2D eigenvalue weighted by Gasteiger charge is 2.29. The van der Waals surface area contributed by atoms with Crippen molar-refractivity contribution in [1.82, 2.24) is 0 Å². The summed E-state index contributed by atoms with van der Waals surface area (Å²) in [5, 5.41) is 8.85. The Hall–Kier alpha value is -3.21. The summed E-state index contributed by atoms with van der Waals surface area (Å²) in [6.07, 6.45) is -0.419. The van der Waals surface area contributed by atoms with Crippen LogP contribution in [0.5, 0.6) is 0 Å². The molecule has 0 spiro atoms. The highest BCUT2D eigenvalue weighted by Crippen LogP contribution is 2.24. The fraction of sp³-hybridized carbons (Fsp3) is 0.100. The molecule has 1 aliphatic rings. The van der Waals surface area contributed by atoms with Gasteiger partial charge in [0.15, 0.2) is 0 Å². The van der Waals surface area contributed by atoms with Gasteiger partial charge in [-0.05, 0) is 23.6 Å². The number of hydrogen-bond acceptors (Lipinski definition) is 3.